The highest BCUT2D eigenvalue weighted by Crippen LogP contribution is 2.41. The van der Waals surface area contributed by atoms with Gasteiger partial charge < -0.3 is 20.1 Å². The smallest absolute Gasteiger partial charge is 0.318 e. The highest BCUT2D eigenvalue weighted by Gasteiger charge is 2.33. The molecule has 2 aromatic carbocycles. The Kier molecular flexibility index (Phi) is 5.28. The number of ether oxygens (including phenoxy) is 1. The fraction of sp³-hybridized carbons (Fsp3) is 0.350. The van der Waals surface area contributed by atoms with E-state index in [1.807, 2.05) is 43.0 Å². The number of carbonyl (C=O) groups is 1. The number of nitrogens with zero attached hydrogens (tertiary/aromatic N) is 1. The topological polar surface area (TPSA) is 61.8 Å². The average molecular weight is 375 g/mol. The van der Waals surface area contributed by atoms with E-state index in [1.54, 1.807) is 6.07 Å². The summed E-state index contributed by atoms with van der Waals surface area (Å²) in [5.74, 6) is 0.516. The molecule has 1 unspecified atom stereocenters. The molecule has 1 heterocycles. The minimum atomic E-state index is -0.292. The Balaban J connectivity index is 2.16. The molecule has 0 bridgehead atoms. The number of benzene rings is 2. The van der Waals surface area contributed by atoms with Crippen molar-refractivity contribution in [2.24, 2.45) is 0 Å². The van der Waals surface area contributed by atoms with Gasteiger partial charge in [0.2, 0.25) is 0 Å². The molecule has 3 rings (SSSR count). The summed E-state index contributed by atoms with van der Waals surface area (Å²) in [6, 6.07) is 8.83. The Morgan fingerprint density at radius 2 is 2.12 bits per heavy atom. The Bertz CT molecular complexity index is 838. The van der Waals surface area contributed by atoms with E-state index in [4.69, 9.17) is 16.3 Å². The van der Waals surface area contributed by atoms with Gasteiger partial charge in [-0.15, -0.1) is 0 Å². The van der Waals surface area contributed by atoms with Crippen molar-refractivity contribution in [2.75, 3.05) is 20.2 Å². The van der Waals surface area contributed by atoms with E-state index in [2.05, 4.69) is 5.32 Å². The first-order valence-electron chi connectivity index (χ1n) is 8.66. The second kappa shape index (κ2) is 7.46. The molecule has 2 amide bonds. The van der Waals surface area contributed by atoms with Crippen LogP contribution in [0.2, 0.25) is 5.02 Å². The lowest BCUT2D eigenvalue weighted by Gasteiger charge is -2.38. The number of carbonyl (C=O) groups excluding carboxylic acids is 1. The van der Waals surface area contributed by atoms with Crippen LogP contribution in [0.1, 0.15) is 35.2 Å². The minimum Gasteiger partial charge on any atom is -0.504 e. The van der Waals surface area contributed by atoms with Gasteiger partial charge in [-0.25, -0.2) is 4.79 Å². The van der Waals surface area contributed by atoms with Crippen LogP contribution < -0.4 is 10.1 Å². The van der Waals surface area contributed by atoms with Crippen LogP contribution in [0.3, 0.4) is 0 Å². The second-order valence-corrected chi connectivity index (χ2v) is 6.84. The lowest BCUT2D eigenvalue weighted by Crippen LogP contribution is -2.46. The van der Waals surface area contributed by atoms with Gasteiger partial charge >= 0.3 is 6.03 Å². The van der Waals surface area contributed by atoms with Gasteiger partial charge in [-0.05, 0) is 66.8 Å². The number of hydrogen-bond donors (Lipinski definition) is 2. The fourth-order valence-corrected chi connectivity index (χ4v) is 3.78. The van der Waals surface area contributed by atoms with Crippen LogP contribution in [-0.4, -0.2) is 36.2 Å². The van der Waals surface area contributed by atoms with Gasteiger partial charge in [0.05, 0.1) is 13.2 Å². The zero-order valence-electron chi connectivity index (χ0n) is 15.2. The zero-order chi connectivity index (χ0) is 18.8. The molecule has 6 heteroatoms. The monoisotopic (exact) mass is 374 g/mol. The maximum absolute atomic E-state index is 12.7. The van der Waals surface area contributed by atoms with Crippen LogP contribution in [0, 0.1) is 6.92 Å². The normalized spacial score (nSPS) is 16.2. The molecular weight excluding hydrogens is 352 g/mol. The van der Waals surface area contributed by atoms with E-state index >= 15 is 0 Å². The summed E-state index contributed by atoms with van der Waals surface area (Å²) in [5, 5.41) is 13.9. The largest absolute Gasteiger partial charge is 0.504 e. The molecule has 0 aromatic heterocycles. The number of nitrogens with one attached hydrogen (secondary N) is 1. The number of rotatable bonds is 3. The molecule has 0 radical (unpaired) electrons. The third kappa shape index (κ3) is 3.31. The van der Waals surface area contributed by atoms with E-state index in [0.29, 0.717) is 30.3 Å². The summed E-state index contributed by atoms with van der Waals surface area (Å²) in [4.78, 5) is 14.5. The van der Waals surface area contributed by atoms with Crippen LogP contribution in [0.4, 0.5) is 4.79 Å². The SMILES string of the molecule is CCNC(=O)N1CCc2cc(OC)c(O)cc2C1c1ccc(Cl)cc1C. The summed E-state index contributed by atoms with van der Waals surface area (Å²) >= 11 is 6.12. The molecule has 26 heavy (non-hydrogen) atoms. The Morgan fingerprint density at radius 1 is 1.35 bits per heavy atom. The van der Waals surface area contributed by atoms with Crippen LogP contribution in [0.25, 0.3) is 0 Å². The van der Waals surface area contributed by atoms with Crippen LogP contribution in [0.15, 0.2) is 30.3 Å². The molecule has 2 aromatic rings. The van der Waals surface area contributed by atoms with Crippen LogP contribution >= 0.6 is 11.6 Å². The number of phenolic OH excluding ortho intramolecular Hbond substituents is 1. The Morgan fingerprint density at radius 3 is 2.77 bits per heavy atom. The molecule has 138 valence electrons. The number of hydrogen-bond acceptors (Lipinski definition) is 3. The van der Waals surface area contributed by atoms with Crippen molar-refractivity contribution in [1.29, 1.82) is 0 Å². The number of fused-ring (bicyclic) bond motifs is 1. The molecule has 2 N–H and O–H groups in total. The van der Waals surface area contributed by atoms with Gasteiger partial charge in [-0.1, -0.05) is 17.7 Å². The first-order chi connectivity index (χ1) is 12.5. The van der Waals surface area contributed by atoms with Crippen LogP contribution in [-0.2, 0) is 6.42 Å². The molecule has 1 atom stereocenters. The quantitative estimate of drug-likeness (QED) is 0.852. The average Bonchev–Trinajstić information content (AvgIpc) is 2.61. The summed E-state index contributed by atoms with van der Waals surface area (Å²) < 4.78 is 5.24. The summed E-state index contributed by atoms with van der Waals surface area (Å²) in [7, 11) is 1.53. The predicted molar refractivity (Wildman–Crippen MR) is 102 cm³/mol. The van der Waals surface area contributed by atoms with Crippen molar-refractivity contribution in [3.05, 3.63) is 57.6 Å². The van der Waals surface area contributed by atoms with Crippen LogP contribution in [0.5, 0.6) is 11.5 Å². The first-order valence-corrected chi connectivity index (χ1v) is 9.04. The lowest BCUT2D eigenvalue weighted by atomic mass is 9.86. The number of aryl methyl sites for hydroxylation is 1. The number of phenols is 1. The first kappa shape index (κ1) is 18.4. The molecule has 0 spiro atoms. The van der Waals surface area contributed by atoms with Crippen molar-refractivity contribution in [3.63, 3.8) is 0 Å². The van der Waals surface area contributed by atoms with Gasteiger partial charge in [-0.2, -0.15) is 0 Å². The molecule has 0 fully saturated rings. The van der Waals surface area contributed by atoms with Crippen molar-refractivity contribution in [1.82, 2.24) is 10.2 Å². The molecule has 0 saturated heterocycles. The summed E-state index contributed by atoms with van der Waals surface area (Å²) in [6.45, 7) is 5.02. The van der Waals surface area contributed by atoms with Gasteiger partial charge in [0.25, 0.3) is 0 Å². The van der Waals surface area contributed by atoms with Gasteiger partial charge in [0.15, 0.2) is 11.5 Å². The van der Waals surface area contributed by atoms with Gasteiger partial charge in [0, 0.05) is 18.1 Å². The second-order valence-electron chi connectivity index (χ2n) is 6.41. The van der Waals surface area contributed by atoms with Crippen molar-refractivity contribution >= 4 is 17.6 Å². The zero-order valence-corrected chi connectivity index (χ0v) is 15.9. The standard InChI is InChI=1S/C20H23ClN2O3/c1-4-22-20(25)23-8-7-13-10-18(26-3)17(24)11-16(13)19(23)15-6-5-14(21)9-12(15)2/h5-6,9-11,19,24H,4,7-8H2,1-3H3,(H,22,25). The molecular formula is C20H23ClN2O3. The van der Waals surface area contributed by atoms with E-state index in [0.717, 1.165) is 22.3 Å². The highest BCUT2D eigenvalue weighted by atomic mass is 35.5. The van der Waals surface area contributed by atoms with E-state index in [-0.39, 0.29) is 17.8 Å². The number of urea groups is 1. The highest BCUT2D eigenvalue weighted by molar-refractivity contribution is 6.30. The van der Waals surface area contributed by atoms with Crippen molar-refractivity contribution in [3.8, 4) is 11.5 Å². The molecule has 0 aliphatic carbocycles. The van der Waals surface area contributed by atoms with Gasteiger partial charge in [-0.3, -0.25) is 0 Å². The van der Waals surface area contributed by atoms with E-state index in [1.165, 1.54) is 7.11 Å². The number of methoxy groups -OCH3 is 1. The van der Waals surface area contributed by atoms with Crippen molar-refractivity contribution < 1.29 is 14.6 Å². The maximum atomic E-state index is 12.7. The van der Waals surface area contributed by atoms with Gasteiger partial charge in [0.1, 0.15) is 0 Å². The number of amides is 2. The molecule has 1 aliphatic rings. The van der Waals surface area contributed by atoms with E-state index < -0.39 is 0 Å². The maximum Gasteiger partial charge on any atom is 0.318 e. The summed E-state index contributed by atoms with van der Waals surface area (Å²) in [5.41, 5.74) is 3.97. The molecule has 5 nitrogen and oxygen atoms in total. The number of aromatic hydroxyl groups is 1. The predicted octanol–water partition coefficient (Wildman–Crippen LogP) is 4.04. The third-order valence-electron chi connectivity index (χ3n) is 4.78. The van der Waals surface area contributed by atoms with E-state index in [9.17, 15) is 9.90 Å². The third-order valence-corrected chi connectivity index (χ3v) is 5.02. The fourth-order valence-electron chi connectivity index (χ4n) is 3.55. The Hall–Kier alpha value is -2.40. The molecule has 1 aliphatic heterocycles. The summed E-state index contributed by atoms with van der Waals surface area (Å²) in [6.07, 6.45) is 0.701. The lowest BCUT2D eigenvalue weighted by molar-refractivity contribution is 0.180. The Labute approximate surface area is 158 Å². The molecule has 0 saturated carbocycles. The number of halogens is 1. The van der Waals surface area contributed by atoms with Crippen molar-refractivity contribution in [2.45, 2.75) is 26.3 Å². The minimum absolute atomic E-state index is 0.0700.